The molecule has 0 spiro atoms. The summed E-state index contributed by atoms with van der Waals surface area (Å²) in [6.45, 7) is 0.690. The zero-order valence-corrected chi connectivity index (χ0v) is 20.1. The van der Waals surface area contributed by atoms with Crippen LogP contribution in [0.2, 0.25) is 0 Å². The molecule has 3 N–H and O–H groups in total. The molecule has 0 atom stereocenters. The molecule has 10 nitrogen and oxygen atoms in total. The maximum Gasteiger partial charge on any atom is 0.330 e. The topological polar surface area (TPSA) is 124 Å². The van der Waals surface area contributed by atoms with Gasteiger partial charge in [0.05, 0.1) is 27.4 Å². The van der Waals surface area contributed by atoms with E-state index in [1.54, 1.807) is 32.4 Å². The lowest BCUT2D eigenvalue weighted by Gasteiger charge is -2.18. The predicted molar refractivity (Wildman–Crippen MR) is 133 cm³/mol. The Morgan fingerprint density at radius 2 is 1.80 bits per heavy atom. The van der Waals surface area contributed by atoms with Crippen LogP contribution < -0.4 is 31.4 Å². The number of carbonyl (C=O) groups is 1. The zero-order chi connectivity index (χ0) is 25.2. The summed E-state index contributed by atoms with van der Waals surface area (Å²) in [4.78, 5) is 40.5. The highest BCUT2D eigenvalue weighted by atomic mass is 16.5. The van der Waals surface area contributed by atoms with Gasteiger partial charge in [0.2, 0.25) is 5.91 Å². The first-order valence-electron chi connectivity index (χ1n) is 11.1. The smallest absolute Gasteiger partial charge is 0.330 e. The Labute approximate surface area is 202 Å². The summed E-state index contributed by atoms with van der Waals surface area (Å²) in [5.41, 5.74) is 0.569. The lowest BCUT2D eigenvalue weighted by Crippen LogP contribution is -2.36. The van der Waals surface area contributed by atoms with E-state index in [9.17, 15) is 14.4 Å². The summed E-state index contributed by atoms with van der Waals surface area (Å²) in [5, 5.41) is 5.82. The number of rotatable bonds is 12. The third-order valence-corrected chi connectivity index (χ3v) is 5.40. The van der Waals surface area contributed by atoms with E-state index in [1.165, 1.54) is 11.7 Å². The van der Waals surface area contributed by atoms with Crippen LogP contribution in [-0.4, -0.2) is 43.4 Å². The van der Waals surface area contributed by atoms with Crippen molar-refractivity contribution in [3.05, 3.63) is 80.5 Å². The van der Waals surface area contributed by atoms with Gasteiger partial charge in [-0.25, -0.2) is 4.79 Å². The van der Waals surface area contributed by atoms with Crippen LogP contribution >= 0.6 is 0 Å². The largest absolute Gasteiger partial charge is 0.497 e. The van der Waals surface area contributed by atoms with Crippen molar-refractivity contribution in [2.24, 2.45) is 0 Å². The number of aryl methyl sites for hydroxylation is 1. The van der Waals surface area contributed by atoms with Crippen molar-refractivity contribution in [1.29, 1.82) is 0 Å². The number of nitrogens with zero attached hydrogens (tertiary/aromatic N) is 1. The molecule has 0 bridgehead atoms. The molecular weight excluding hydrogens is 452 g/mol. The van der Waals surface area contributed by atoms with Gasteiger partial charge in [-0.15, -0.1) is 0 Å². The first kappa shape index (κ1) is 25.6. The number of H-pyrrole nitrogens is 1. The highest BCUT2D eigenvalue weighted by molar-refractivity contribution is 5.93. The number of ether oxygens (including phenoxy) is 3. The van der Waals surface area contributed by atoms with Gasteiger partial charge in [-0.1, -0.05) is 30.3 Å². The highest BCUT2D eigenvalue weighted by Gasteiger charge is 2.18. The highest BCUT2D eigenvalue weighted by Crippen LogP contribution is 2.25. The van der Waals surface area contributed by atoms with E-state index < -0.39 is 11.2 Å². The van der Waals surface area contributed by atoms with Crippen molar-refractivity contribution in [3.63, 3.8) is 0 Å². The van der Waals surface area contributed by atoms with Crippen LogP contribution in [0, 0.1) is 0 Å². The molecule has 0 aliphatic heterocycles. The molecule has 3 rings (SSSR count). The molecule has 0 saturated heterocycles. The van der Waals surface area contributed by atoms with Crippen LogP contribution in [0.3, 0.4) is 0 Å². The number of nitrogens with one attached hydrogen (secondary N) is 3. The maximum atomic E-state index is 12.9. The van der Waals surface area contributed by atoms with Crippen molar-refractivity contribution in [2.45, 2.75) is 25.9 Å². The fourth-order valence-corrected chi connectivity index (χ4v) is 3.57. The Morgan fingerprint density at radius 1 is 1.03 bits per heavy atom. The number of anilines is 2. The van der Waals surface area contributed by atoms with Gasteiger partial charge in [-0.05, 0) is 35.7 Å². The molecule has 0 unspecified atom stereocenters. The van der Waals surface area contributed by atoms with Gasteiger partial charge >= 0.3 is 5.69 Å². The molecule has 0 aliphatic rings. The van der Waals surface area contributed by atoms with Gasteiger partial charge in [0.15, 0.2) is 0 Å². The van der Waals surface area contributed by atoms with Crippen molar-refractivity contribution in [2.75, 3.05) is 38.6 Å². The second kappa shape index (κ2) is 12.4. The Bertz CT molecular complexity index is 1250. The summed E-state index contributed by atoms with van der Waals surface area (Å²) >= 11 is 0. The second-order valence-electron chi connectivity index (χ2n) is 7.69. The number of hydrogen-bond acceptors (Lipinski definition) is 7. The molecular formula is C25H30N4O6. The van der Waals surface area contributed by atoms with Crippen LogP contribution in [0.15, 0.2) is 58.1 Å². The molecule has 0 fully saturated rings. The Kier molecular flexibility index (Phi) is 9.08. The molecule has 0 aliphatic carbocycles. The number of carbonyl (C=O) groups excluding carboxylic acids is 1. The number of aromatic amines is 1. The van der Waals surface area contributed by atoms with Crippen LogP contribution in [-0.2, 0) is 29.0 Å². The van der Waals surface area contributed by atoms with E-state index in [4.69, 9.17) is 14.2 Å². The third-order valence-electron chi connectivity index (χ3n) is 5.40. The first-order chi connectivity index (χ1) is 17.0. The van der Waals surface area contributed by atoms with Crippen LogP contribution in [0.1, 0.15) is 17.5 Å². The Hall–Kier alpha value is -4.05. The van der Waals surface area contributed by atoms with Gasteiger partial charge in [-0.2, -0.15) is 0 Å². The lowest BCUT2D eigenvalue weighted by atomic mass is 10.1. The standard InChI is InChI=1S/C25H30N4O6/c1-33-14-13-29-23(22(24(31)28-25(29)32)26-16-17-7-5-4-6-8-17)27-21(30)12-9-18-15-19(34-2)10-11-20(18)35-3/h4-8,10-11,15,26H,9,12-14,16H2,1-3H3,(H,27,30)(H,28,31,32). The van der Waals surface area contributed by atoms with Gasteiger partial charge in [-0.3, -0.25) is 19.1 Å². The zero-order valence-electron chi connectivity index (χ0n) is 20.1. The summed E-state index contributed by atoms with van der Waals surface area (Å²) in [6.07, 6.45) is 0.456. The maximum absolute atomic E-state index is 12.9. The first-order valence-corrected chi connectivity index (χ1v) is 11.1. The van der Waals surface area contributed by atoms with Crippen LogP contribution in [0.4, 0.5) is 11.5 Å². The summed E-state index contributed by atoms with van der Waals surface area (Å²) in [6, 6.07) is 14.8. The normalized spacial score (nSPS) is 10.6. The summed E-state index contributed by atoms with van der Waals surface area (Å²) in [5.74, 6) is 1.01. The fraction of sp³-hybridized carbons (Fsp3) is 0.320. The number of hydrogen-bond donors (Lipinski definition) is 3. The van der Waals surface area contributed by atoms with E-state index >= 15 is 0 Å². The fourth-order valence-electron chi connectivity index (χ4n) is 3.57. The predicted octanol–water partition coefficient (Wildman–Crippen LogP) is 2.38. The van der Waals surface area contributed by atoms with Crippen molar-refractivity contribution < 1.29 is 19.0 Å². The van der Waals surface area contributed by atoms with E-state index in [0.29, 0.717) is 24.5 Å². The molecule has 1 aromatic heterocycles. The molecule has 3 aromatic rings. The molecule has 10 heteroatoms. The molecule has 186 valence electrons. The molecule has 2 aromatic carbocycles. The minimum atomic E-state index is -0.637. The summed E-state index contributed by atoms with van der Waals surface area (Å²) in [7, 11) is 4.63. The number of amides is 1. The van der Waals surface area contributed by atoms with E-state index in [-0.39, 0.29) is 37.0 Å². The van der Waals surface area contributed by atoms with E-state index in [1.807, 2.05) is 30.3 Å². The molecule has 0 saturated carbocycles. The van der Waals surface area contributed by atoms with Crippen LogP contribution in [0.25, 0.3) is 0 Å². The number of aromatic nitrogens is 2. The molecule has 1 amide bonds. The van der Waals surface area contributed by atoms with Crippen molar-refractivity contribution in [1.82, 2.24) is 9.55 Å². The molecule has 35 heavy (non-hydrogen) atoms. The minimum Gasteiger partial charge on any atom is -0.497 e. The molecule has 1 heterocycles. The quantitative estimate of drug-likeness (QED) is 0.362. The minimum absolute atomic E-state index is 0.0902. The van der Waals surface area contributed by atoms with E-state index in [0.717, 1.165) is 11.1 Å². The van der Waals surface area contributed by atoms with Gasteiger partial charge in [0.1, 0.15) is 23.0 Å². The number of benzene rings is 2. The van der Waals surface area contributed by atoms with Crippen molar-refractivity contribution >= 4 is 17.4 Å². The Morgan fingerprint density at radius 3 is 2.49 bits per heavy atom. The summed E-state index contributed by atoms with van der Waals surface area (Å²) < 4.78 is 17.0. The SMILES string of the molecule is COCCn1c(NC(=O)CCc2cc(OC)ccc2OC)c(NCc2ccccc2)c(=O)[nH]c1=O. The van der Waals surface area contributed by atoms with E-state index in [2.05, 4.69) is 15.6 Å². The van der Waals surface area contributed by atoms with Crippen LogP contribution in [0.5, 0.6) is 11.5 Å². The molecule has 0 radical (unpaired) electrons. The number of methoxy groups -OCH3 is 3. The average Bonchev–Trinajstić information content (AvgIpc) is 2.87. The lowest BCUT2D eigenvalue weighted by molar-refractivity contribution is -0.116. The third kappa shape index (κ3) is 6.73. The monoisotopic (exact) mass is 482 g/mol. The Balaban J connectivity index is 1.86. The van der Waals surface area contributed by atoms with Gasteiger partial charge in [0, 0.05) is 20.1 Å². The van der Waals surface area contributed by atoms with Gasteiger partial charge < -0.3 is 24.8 Å². The second-order valence-corrected chi connectivity index (χ2v) is 7.69. The average molecular weight is 483 g/mol. The van der Waals surface area contributed by atoms with Crippen molar-refractivity contribution in [3.8, 4) is 11.5 Å². The van der Waals surface area contributed by atoms with Gasteiger partial charge in [0.25, 0.3) is 5.56 Å².